The molecule has 0 bridgehead atoms. The van der Waals surface area contributed by atoms with Gasteiger partial charge in [-0.15, -0.1) is 37.2 Å². The smallest absolute Gasteiger partial charge is 0.320 e. The number of sulfone groups is 1. The first-order chi connectivity index (χ1) is 22.3. The Morgan fingerprint density at radius 2 is 1.70 bits per heavy atom. The molecule has 50 heavy (non-hydrogen) atoms. The van der Waals surface area contributed by atoms with Gasteiger partial charge in [-0.25, -0.2) is 12.8 Å². The predicted octanol–water partition coefficient (Wildman–Crippen LogP) is 7.47. The number of likely N-dealkylation sites (N-methyl/N-ethyl adjacent to an activating group) is 1. The first kappa shape index (κ1) is 44.0. The molecule has 0 radical (unpaired) electrons. The summed E-state index contributed by atoms with van der Waals surface area (Å²) in [5.41, 5.74) is 4.31. The molecule has 1 aliphatic heterocycles. The number of aromatic nitrogens is 2. The van der Waals surface area contributed by atoms with Crippen molar-refractivity contribution in [3.8, 4) is 0 Å². The van der Waals surface area contributed by atoms with E-state index < -0.39 is 21.8 Å². The summed E-state index contributed by atoms with van der Waals surface area (Å²) in [6.45, 7) is 9.91. The fraction of sp³-hybridized carbons (Fsp3) is 0.568. The SMILES string of the molecule is CCn1nc(Cc2ccc(S(C)(=O)=O)cc2)cc1C1CCN(CC2CC(N(C)[C@H](CC(C)C)C(=O)O)CC2c2cccc(F)c2)CC1.Cl.Cl.Cl. The Labute approximate surface area is 316 Å². The van der Waals surface area contributed by atoms with Crippen molar-refractivity contribution in [2.75, 3.05) is 32.9 Å². The van der Waals surface area contributed by atoms with E-state index in [9.17, 15) is 22.7 Å². The highest BCUT2D eigenvalue weighted by Crippen LogP contribution is 2.43. The first-order valence-corrected chi connectivity index (χ1v) is 19.0. The maximum absolute atomic E-state index is 14.4. The fourth-order valence-electron chi connectivity index (χ4n) is 7.88. The zero-order chi connectivity index (χ0) is 33.9. The van der Waals surface area contributed by atoms with Gasteiger partial charge in [0.15, 0.2) is 9.84 Å². The van der Waals surface area contributed by atoms with Gasteiger partial charge in [0.1, 0.15) is 11.9 Å². The molecule has 4 atom stereocenters. The summed E-state index contributed by atoms with van der Waals surface area (Å²) in [6, 6.07) is 15.9. The van der Waals surface area contributed by atoms with E-state index in [1.165, 1.54) is 18.0 Å². The Morgan fingerprint density at radius 1 is 1.04 bits per heavy atom. The van der Waals surface area contributed by atoms with E-state index >= 15 is 0 Å². The molecule has 0 spiro atoms. The van der Waals surface area contributed by atoms with Crippen molar-refractivity contribution in [3.63, 3.8) is 0 Å². The average Bonchev–Trinajstić information content (AvgIpc) is 3.64. The van der Waals surface area contributed by atoms with Crippen molar-refractivity contribution in [1.82, 2.24) is 19.6 Å². The van der Waals surface area contributed by atoms with Crippen LogP contribution in [0, 0.1) is 17.7 Å². The van der Waals surface area contributed by atoms with Crippen LogP contribution in [0.5, 0.6) is 0 Å². The molecule has 13 heteroatoms. The number of benzene rings is 2. The van der Waals surface area contributed by atoms with Crippen molar-refractivity contribution in [3.05, 3.63) is 82.9 Å². The van der Waals surface area contributed by atoms with Crippen LogP contribution in [0.2, 0.25) is 0 Å². The van der Waals surface area contributed by atoms with Crippen molar-refractivity contribution in [2.24, 2.45) is 11.8 Å². The molecule has 3 unspecified atom stereocenters. The van der Waals surface area contributed by atoms with Crippen LogP contribution in [0.3, 0.4) is 0 Å². The van der Waals surface area contributed by atoms with Gasteiger partial charge in [-0.1, -0.05) is 38.1 Å². The van der Waals surface area contributed by atoms with E-state index in [0.29, 0.717) is 29.6 Å². The lowest BCUT2D eigenvalue weighted by Crippen LogP contribution is -2.45. The maximum Gasteiger partial charge on any atom is 0.320 e. The fourth-order valence-corrected chi connectivity index (χ4v) is 8.51. The van der Waals surface area contributed by atoms with Gasteiger partial charge >= 0.3 is 5.97 Å². The molecule has 2 aromatic carbocycles. The molecule has 8 nitrogen and oxygen atoms in total. The Kier molecular flexibility index (Phi) is 16.7. The molecular formula is C37H54Cl3FN4O4S. The number of nitrogens with zero attached hydrogens (tertiary/aromatic N) is 4. The van der Waals surface area contributed by atoms with Crippen molar-refractivity contribution in [2.45, 2.75) is 94.7 Å². The molecule has 3 aromatic rings. The normalized spacial score (nSPS) is 20.6. The number of aryl methyl sites for hydroxylation is 1. The monoisotopic (exact) mass is 774 g/mol. The average molecular weight is 776 g/mol. The lowest BCUT2D eigenvalue weighted by molar-refractivity contribution is -0.144. The Hall–Kier alpha value is -2.21. The molecule has 2 fully saturated rings. The van der Waals surface area contributed by atoms with Crippen LogP contribution < -0.4 is 0 Å². The Morgan fingerprint density at radius 3 is 2.26 bits per heavy atom. The molecule has 280 valence electrons. The molecule has 5 rings (SSSR count). The van der Waals surface area contributed by atoms with E-state index in [1.54, 1.807) is 24.3 Å². The highest BCUT2D eigenvalue weighted by atomic mass is 35.5. The van der Waals surface area contributed by atoms with Crippen molar-refractivity contribution >= 4 is 53.0 Å². The topological polar surface area (TPSA) is 95.7 Å². The summed E-state index contributed by atoms with van der Waals surface area (Å²) in [6.07, 6.45) is 6.28. The number of hydrogen-bond acceptors (Lipinski definition) is 6. The minimum Gasteiger partial charge on any atom is -0.480 e. The summed E-state index contributed by atoms with van der Waals surface area (Å²) in [5.74, 6) is 0.197. The summed E-state index contributed by atoms with van der Waals surface area (Å²) in [5, 5.41) is 14.9. The van der Waals surface area contributed by atoms with Gasteiger partial charge in [-0.2, -0.15) is 5.10 Å². The van der Waals surface area contributed by atoms with Crippen LogP contribution in [0.25, 0.3) is 0 Å². The second kappa shape index (κ2) is 19.0. The molecule has 1 saturated heterocycles. The standard InChI is InChI=1S/C37H51FN4O4S.3ClH/c1-6-42-35(22-31(39-42)19-26-10-12-33(13-11-26)47(5,45)46)27-14-16-41(17-15-27)24-29-21-32(40(4)36(37(43)44)18-25(2)3)23-34(29)28-8-7-9-30(38)20-28;;;/h7-13,20,22,25,27,29,32,34,36H,6,14-19,21,23-24H2,1-5H3,(H,43,44);3*1H/t29?,32?,34?,36-;;;/m1.../s1. The van der Waals surface area contributed by atoms with Crippen LogP contribution in [-0.4, -0.2) is 84.1 Å². The number of carbonyl (C=O) groups is 1. The number of piperidine rings is 1. The molecule has 0 amide bonds. The summed E-state index contributed by atoms with van der Waals surface area (Å²) in [7, 11) is -1.27. The lowest BCUT2D eigenvalue weighted by Gasteiger charge is -2.35. The maximum atomic E-state index is 14.4. The van der Waals surface area contributed by atoms with Crippen LogP contribution in [-0.2, 0) is 27.6 Å². The second-order valence-corrected chi connectivity index (χ2v) is 16.3. The Balaban J connectivity index is 0.00000289. The molecule has 1 N–H and O–H groups in total. The van der Waals surface area contributed by atoms with Gasteiger partial charge < -0.3 is 10.0 Å². The van der Waals surface area contributed by atoms with Crippen molar-refractivity contribution < 1.29 is 22.7 Å². The van der Waals surface area contributed by atoms with Crippen LogP contribution in [0.15, 0.2) is 59.5 Å². The number of aliphatic carboxylic acids is 1. The Bertz CT molecular complexity index is 1630. The first-order valence-electron chi connectivity index (χ1n) is 17.1. The van der Waals surface area contributed by atoms with Gasteiger partial charge in [0.05, 0.1) is 10.6 Å². The van der Waals surface area contributed by atoms with Gasteiger partial charge in [0, 0.05) is 43.4 Å². The van der Waals surface area contributed by atoms with Crippen molar-refractivity contribution in [1.29, 1.82) is 0 Å². The quantitative estimate of drug-likeness (QED) is 0.193. The third kappa shape index (κ3) is 10.9. The van der Waals surface area contributed by atoms with E-state index in [-0.39, 0.29) is 60.9 Å². The lowest BCUT2D eigenvalue weighted by atomic mass is 9.87. The summed E-state index contributed by atoms with van der Waals surface area (Å²) >= 11 is 0. The number of rotatable bonds is 13. The largest absolute Gasteiger partial charge is 0.480 e. The van der Waals surface area contributed by atoms with Gasteiger partial charge in [-0.05, 0) is 118 Å². The van der Waals surface area contributed by atoms with Crippen LogP contribution >= 0.6 is 37.2 Å². The number of hydrogen-bond donors (Lipinski definition) is 1. The van der Waals surface area contributed by atoms with Crippen LogP contribution in [0.4, 0.5) is 4.39 Å². The molecular weight excluding hydrogens is 722 g/mol. The van der Waals surface area contributed by atoms with E-state index in [1.807, 2.05) is 25.2 Å². The molecule has 2 heterocycles. The highest BCUT2D eigenvalue weighted by Gasteiger charge is 2.41. The van der Waals surface area contributed by atoms with Crippen LogP contribution in [0.1, 0.15) is 87.2 Å². The predicted molar refractivity (Wildman–Crippen MR) is 205 cm³/mol. The third-order valence-corrected chi connectivity index (χ3v) is 11.5. The third-order valence-electron chi connectivity index (χ3n) is 10.4. The van der Waals surface area contributed by atoms with Gasteiger partial charge in [0.2, 0.25) is 0 Å². The zero-order valence-corrected chi connectivity index (χ0v) is 33.0. The molecule has 1 saturated carbocycles. The molecule has 1 aliphatic carbocycles. The number of likely N-dealkylation sites (tertiary alicyclic amines) is 1. The minimum absolute atomic E-state index is 0. The number of carboxylic acid groups (broad SMARTS) is 1. The number of halogens is 4. The molecule has 2 aliphatic rings. The van der Waals surface area contributed by atoms with Gasteiger partial charge in [0.25, 0.3) is 0 Å². The molecule has 1 aromatic heterocycles. The second-order valence-electron chi connectivity index (χ2n) is 14.2. The number of carboxylic acids is 1. The van der Waals surface area contributed by atoms with E-state index in [0.717, 1.165) is 68.7 Å². The summed E-state index contributed by atoms with van der Waals surface area (Å²) < 4.78 is 40.2. The summed E-state index contributed by atoms with van der Waals surface area (Å²) in [4.78, 5) is 17.2. The van der Waals surface area contributed by atoms with Gasteiger partial charge in [-0.3, -0.25) is 14.4 Å². The van der Waals surface area contributed by atoms with E-state index in [4.69, 9.17) is 5.10 Å². The minimum atomic E-state index is -3.22. The highest BCUT2D eigenvalue weighted by molar-refractivity contribution is 7.90. The zero-order valence-electron chi connectivity index (χ0n) is 29.7. The van der Waals surface area contributed by atoms with E-state index in [2.05, 4.69) is 41.3 Å².